The minimum absolute atomic E-state index is 0.0444. The normalized spacial score (nSPS) is 20.5. The Morgan fingerprint density at radius 2 is 1.86 bits per heavy atom. The van der Waals surface area contributed by atoms with Gasteiger partial charge in [0.15, 0.2) is 5.83 Å². The molecule has 3 heterocycles. The molecule has 1 aromatic heterocycles. The lowest BCUT2D eigenvalue weighted by molar-refractivity contribution is 0.111. The number of aliphatic imine (C=N–C) groups is 1. The largest absolute Gasteiger partial charge is 0.508 e. The molecule has 2 saturated heterocycles. The van der Waals surface area contributed by atoms with E-state index in [9.17, 15) is 5.11 Å². The number of rotatable bonds is 9. The van der Waals surface area contributed by atoms with Gasteiger partial charge in [-0.2, -0.15) is 9.97 Å². The van der Waals surface area contributed by atoms with Gasteiger partial charge in [-0.05, 0) is 113 Å². The maximum Gasteiger partial charge on any atom is 0.319 e. The van der Waals surface area contributed by atoms with Crippen molar-refractivity contribution >= 4 is 39.3 Å². The highest BCUT2D eigenvalue weighted by Gasteiger charge is 2.46. The van der Waals surface area contributed by atoms with Gasteiger partial charge in [0.05, 0.1) is 24.5 Å². The highest BCUT2D eigenvalue weighted by Crippen LogP contribution is 2.49. The number of aromatic hydroxyl groups is 1. The van der Waals surface area contributed by atoms with Crippen LogP contribution in [0.3, 0.4) is 0 Å². The molecule has 0 bridgehead atoms. The number of likely N-dealkylation sites (tertiary alicyclic amines) is 1. The van der Waals surface area contributed by atoms with Crippen molar-refractivity contribution in [1.82, 2.24) is 14.9 Å². The number of aryl methyl sites for hydroxylation is 1. The summed E-state index contributed by atoms with van der Waals surface area (Å²) in [5.74, 6) is -0.432. The van der Waals surface area contributed by atoms with Crippen LogP contribution in [-0.2, 0) is 11.2 Å². The number of halogens is 2. The van der Waals surface area contributed by atoms with E-state index >= 15 is 8.78 Å². The summed E-state index contributed by atoms with van der Waals surface area (Å²) in [5, 5.41) is 12.1. The smallest absolute Gasteiger partial charge is 0.319 e. The molecule has 7 rings (SSSR count). The molecule has 4 aliphatic rings. The van der Waals surface area contributed by atoms with E-state index < -0.39 is 5.83 Å². The average molecular weight is 689 g/mol. The van der Waals surface area contributed by atoms with E-state index in [-0.39, 0.29) is 40.3 Å². The Bertz CT molecular complexity index is 1820. The Morgan fingerprint density at radius 1 is 1.08 bits per heavy atom. The maximum atomic E-state index is 17.7. The van der Waals surface area contributed by atoms with Crippen molar-refractivity contribution in [2.75, 3.05) is 64.5 Å². The first-order valence-electron chi connectivity index (χ1n) is 18.0. The predicted octanol–water partition coefficient (Wildman–Crippen LogP) is 6.81. The minimum Gasteiger partial charge on any atom is -0.508 e. The molecule has 11 heteroatoms. The second-order valence-corrected chi connectivity index (χ2v) is 13.9. The fourth-order valence-electron chi connectivity index (χ4n) is 7.28. The Hall–Kier alpha value is -3.93. The molecule has 50 heavy (non-hydrogen) atoms. The Labute approximate surface area is 293 Å². The van der Waals surface area contributed by atoms with Gasteiger partial charge in [-0.15, -0.1) is 0 Å². The fraction of sp³-hybridized carbons (Fsp3) is 0.513. The second-order valence-electron chi connectivity index (χ2n) is 13.9. The maximum absolute atomic E-state index is 17.7. The van der Waals surface area contributed by atoms with Gasteiger partial charge >= 0.3 is 6.01 Å². The van der Waals surface area contributed by atoms with E-state index in [1.54, 1.807) is 12.1 Å². The first-order chi connectivity index (χ1) is 24.2. The first kappa shape index (κ1) is 35.9. The molecule has 0 spiro atoms. The fourth-order valence-corrected chi connectivity index (χ4v) is 7.28. The number of hydrogen-bond donors (Lipinski definition) is 2. The van der Waals surface area contributed by atoms with E-state index in [0.717, 1.165) is 38.9 Å². The number of allylic oxidation sites excluding steroid dienone is 3. The molecule has 1 saturated carbocycles. The first-order valence-corrected chi connectivity index (χ1v) is 18.0. The van der Waals surface area contributed by atoms with Crippen LogP contribution >= 0.6 is 0 Å². The number of anilines is 1. The zero-order chi connectivity index (χ0) is 35.6. The van der Waals surface area contributed by atoms with Gasteiger partial charge in [-0.3, -0.25) is 4.99 Å². The van der Waals surface area contributed by atoms with Gasteiger partial charge in [0, 0.05) is 48.8 Å². The highest BCUT2D eigenvalue weighted by atomic mass is 19.1. The van der Waals surface area contributed by atoms with Gasteiger partial charge in [0.1, 0.15) is 23.1 Å². The monoisotopic (exact) mass is 688 g/mol. The van der Waals surface area contributed by atoms with Crippen molar-refractivity contribution in [3.63, 3.8) is 0 Å². The molecule has 2 aromatic carbocycles. The number of fused-ring (bicyclic) bond motifs is 2. The number of nitrogens with two attached hydrogens (primary N) is 1. The predicted molar refractivity (Wildman–Crippen MR) is 197 cm³/mol. The molecule has 0 atom stereocenters. The summed E-state index contributed by atoms with van der Waals surface area (Å²) in [7, 11) is 1.50. The number of ether oxygens (including phenoxy) is 2. The summed E-state index contributed by atoms with van der Waals surface area (Å²) in [6, 6.07) is 6.07. The van der Waals surface area contributed by atoms with Gasteiger partial charge in [0.25, 0.3) is 0 Å². The minimum atomic E-state index is -0.602. The molecule has 3 aromatic rings. The van der Waals surface area contributed by atoms with Crippen LogP contribution in [0.1, 0.15) is 75.8 Å². The summed E-state index contributed by atoms with van der Waals surface area (Å²) in [4.78, 5) is 19.4. The summed E-state index contributed by atoms with van der Waals surface area (Å²) >= 11 is 0. The van der Waals surface area contributed by atoms with Crippen molar-refractivity contribution < 1.29 is 23.4 Å². The zero-order valence-electron chi connectivity index (χ0n) is 30.0. The number of phenols is 1. The quantitative estimate of drug-likeness (QED) is 0.253. The lowest BCUT2D eigenvalue weighted by atomic mass is 9.81. The lowest BCUT2D eigenvalue weighted by Crippen LogP contribution is -2.42. The average Bonchev–Trinajstić information content (AvgIpc) is 3.91. The number of aromatic nitrogens is 2. The third-order valence-electron chi connectivity index (χ3n) is 10.0. The van der Waals surface area contributed by atoms with Crippen LogP contribution < -0.4 is 15.4 Å². The summed E-state index contributed by atoms with van der Waals surface area (Å²) < 4.78 is 45.1. The van der Waals surface area contributed by atoms with E-state index in [1.807, 2.05) is 33.8 Å². The highest BCUT2D eigenvalue weighted by molar-refractivity contribution is 6.51. The van der Waals surface area contributed by atoms with Crippen molar-refractivity contribution in [3.8, 4) is 11.8 Å². The van der Waals surface area contributed by atoms with Crippen LogP contribution in [0.4, 0.5) is 14.6 Å². The molecule has 3 N–H and O–H groups in total. The zero-order valence-corrected chi connectivity index (χ0v) is 30.0. The van der Waals surface area contributed by atoms with Crippen LogP contribution in [0, 0.1) is 11.2 Å². The molecule has 0 unspecified atom stereocenters. The lowest BCUT2D eigenvalue weighted by Gasteiger charge is -2.34. The van der Waals surface area contributed by atoms with Crippen LogP contribution in [-0.4, -0.2) is 91.3 Å². The van der Waals surface area contributed by atoms with Gasteiger partial charge in [-0.25, -0.2) is 8.78 Å². The number of phenolic OH excluding ortho intramolecular Hbond substituents is 1. The van der Waals surface area contributed by atoms with E-state index in [4.69, 9.17) is 24.4 Å². The van der Waals surface area contributed by atoms with Gasteiger partial charge < -0.3 is 30.1 Å². The van der Waals surface area contributed by atoms with Gasteiger partial charge in [0.2, 0.25) is 0 Å². The van der Waals surface area contributed by atoms with Crippen LogP contribution in [0.15, 0.2) is 35.3 Å². The SMILES string of the molecule is C/C=C1\C(=NC(C)C)C(c2cc(O)cc3ccc(F)c(CC)c23)=C(F)c2nc(OCC3(CN4CCC4)CC3)nc(N3CCCOCC3)c21.CN. The molecule has 9 nitrogen and oxygen atoms in total. The summed E-state index contributed by atoms with van der Waals surface area (Å²) in [5.41, 5.74) is 7.36. The molecule has 3 fully saturated rings. The Morgan fingerprint density at radius 3 is 2.52 bits per heavy atom. The van der Waals surface area contributed by atoms with Crippen molar-refractivity contribution in [3.05, 3.63) is 58.5 Å². The second kappa shape index (κ2) is 15.1. The summed E-state index contributed by atoms with van der Waals surface area (Å²) in [6.07, 6.45) is 6.52. The molecule has 2 aliphatic heterocycles. The van der Waals surface area contributed by atoms with Crippen molar-refractivity contribution in [2.24, 2.45) is 16.1 Å². The van der Waals surface area contributed by atoms with Gasteiger partial charge in [-0.1, -0.05) is 19.1 Å². The standard InChI is InChI=1S/C38H45F2N5O3.CH5N/c1-5-26-29(39)10-9-24-19-25(46)20-28(30(24)26)31-33(40)35-32(27(6-2)34(31)41-23(3)4)36(45-15-8-17-47-18-16-45)43-37(42-35)48-22-38(11-12-38)21-44-13-7-14-44;1-2/h6,9-10,19-20,23,46H,5,7-8,11-18,21-22H2,1-4H3;2H2,1H3/b27-6-,41-34?;. The van der Waals surface area contributed by atoms with Crippen LogP contribution in [0.5, 0.6) is 11.8 Å². The van der Waals surface area contributed by atoms with E-state index in [0.29, 0.717) is 83.9 Å². The van der Waals surface area contributed by atoms with Crippen LogP contribution in [0.25, 0.3) is 27.7 Å². The third-order valence-corrected chi connectivity index (χ3v) is 10.0. The van der Waals surface area contributed by atoms with Crippen molar-refractivity contribution in [2.45, 2.75) is 65.8 Å². The molecule has 2 aliphatic carbocycles. The van der Waals surface area contributed by atoms with E-state index in [1.165, 1.54) is 25.6 Å². The third kappa shape index (κ3) is 7.00. The van der Waals surface area contributed by atoms with Crippen LogP contribution in [0.2, 0.25) is 0 Å². The molecule has 0 radical (unpaired) electrons. The van der Waals surface area contributed by atoms with Crippen molar-refractivity contribution in [1.29, 1.82) is 0 Å². The Balaban J connectivity index is 0.00000212. The number of hydrogen-bond acceptors (Lipinski definition) is 9. The summed E-state index contributed by atoms with van der Waals surface area (Å²) in [6.45, 7) is 13.8. The van der Waals surface area contributed by atoms with E-state index in [2.05, 4.69) is 15.5 Å². The molecular formula is C39H50F2N6O3. The molecule has 268 valence electrons. The molecular weight excluding hydrogens is 638 g/mol. The molecule has 0 amide bonds. The Kier molecular flexibility index (Phi) is 10.9. The number of benzene rings is 2. The number of nitrogens with zero attached hydrogens (tertiary/aromatic N) is 5. The topological polar surface area (TPSA) is 109 Å².